The van der Waals surface area contributed by atoms with Crippen LogP contribution in [0.4, 0.5) is 0 Å². The van der Waals surface area contributed by atoms with E-state index in [4.69, 9.17) is 9.73 Å². The highest BCUT2D eigenvalue weighted by molar-refractivity contribution is 14.0. The van der Waals surface area contributed by atoms with Crippen LogP contribution in [0.1, 0.15) is 49.2 Å². The molecule has 0 unspecified atom stereocenters. The number of hydrogen-bond acceptors (Lipinski definition) is 3. The molecule has 2 rings (SSSR count). The Morgan fingerprint density at radius 1 is 1.21 bits per heavy atom. The molecule has 0 atom stereocenters. The van der Waals surface area contributed by atoms with Gasteiger partial charge in [-0.15, -0.1) is 24.0 Å². The lowest BCUT2D eigenvalue weighted by Gasteiger charge is -2.15. The van der Waals surface area contributed by atoms with E-state index in [9.17, 15) is 0 Å². The SMILES string of the molecule is CCNC(=NCc1c(C)nn(C)c1C)NCCOc1ccccc1C(C)C.I. The van der Waals surface area contributed by atoms with Gasteiger partial charge in [-0.2, -0.15) is 5.10 Å². The summed E-state index contributed by atoms with van der Waals surface area (Å²) in [6.07, 6.45) is 0. The lowest BCUT2D eigenvalue weighted by Crippen LogP contribution is -2.39. The van der Waals surface area contributed by atoms with Gasteiger partial charge < -0.3 is 15.4 Å². The topological polar surface area (TPSA) is 63.5 Å². The monoisotopic (exact) mass is 499 g/mol. The highest BCUT2D eigenvalue weighted by Crippen LogP contribution is 2.25. The summed E-state index contributed by atoms with van der Waals surface area (Å²) in [7, 11) is 1.96. The summed E-state index contributed by atoms with van der Waals surface area (Å²) in [4.78, 5) is 4.69. The first kappa shape index (κ1) is 24.3. The second-order valence-electron chi connectivity index (χ2n) is 6.94. The van der Waals surface area contributed by atoms with E-state index in [1.165, 1.54) is 11.1 Å². The minimum Gasteiger partial charge on any atom is -0.491 e. The van der Waals surface area contributed by atoms with Crippen LogP contribution in [0.3, 0.4) is 0 Å². The van der Waals surface area contributed by atoms with Crippen molar-refractivity contribution in [2.24, 2.45) is 12.0 Å². The lowest BCUT2D eigenvalue weighted by atomic mass is 10.0. The van der Waals surface area contributed by atoms with E-state index in [1.807, 2.05) is 30.8 Å². The minimum atomic E-state index is 0. The van der Waals surface area contributed by atoms with Gasteiger partial charge in [0.1, 0.15) is 12.4 Å². The van der Waals surface area contributed by atoms with Gasteiger partial charge >= 0.3 is 0 Å². The van der Waals surface area contributed by atoms with Crippen LogP contribution in [-0.2, 0) is 13.6 Å². The third kappa shape index (κ3) is 6.68. The van der Waals surface area contributed by atoms with Crippen LogP contribution in [0.15, 0.2) is 29.3 Å². The van der Waals surface area contributed by atoms with Crippen LogP contribution in [0.2, 0.25) is 0 Å². The number of guanidine groups is 1. The molecule has 0 fully saturated rings. The van der Waals surface area contributed by atoms with Gasteiger partial charge in [-0.25, -0.2) is 4.99 Å². The van der Waals surface area contributed by atoms with E-state index in [0.717, 1.165) is 29.6 Å². The lowest BCUT2D eigenvalue weighted by molar-refractivity contribution is 0.317. The van der Waals surface area contributed by atoms with Crippen LogP contribution in [0.25, 0.3) is 0 Å². The van der Waals surface area contributed by atoms with Crippen LogP contribution in [-0.4, -0.2) is 35.4 Å². The normalized spacial score (nSPS) is 11.3. The smallest absolute Gasteiger partial charge is 0.191 e. The molecule has 7 heteroatoms. The molecule has 2 N–H and O–H groups in total. The number of aliphatic imine (C=N–C) groups is 1. The molecule has 1 heterocycles. The number of nitrogens with zero attached hydrogens (tertiary/aromatic N) is 3. The summed E-state index contributed by atoms with van der Waals surface area (Å²) in [5.41, 5.74) is 4.60. The fraction of sp³-hybridized carbons (Fsp3) is 0.524. The Bertz CT molecular complexity index is 770. The molecule has 0 spiro atoms. The van der Waals surface area contributed by atoms with E-state index in [-0.39, 0.29) is 24.0 Å². The largest absolute Gasteiger partial charge is 0.491 e. The number of ether oxygens (including phenoxy) is 1. The third-order valence-electron chi connectivity index (χ3n) is 4.59. The van der Waals surface area contributed by atoms with Crippen molar-refractivity contribution in [3.8, 4) is 5.75 Å². The van der Waals surface area contributed by atoms with Gasteiger partial charge in [0.15, 0.2) is 5.96 Å². The van der Waals surface area contributed by atoms with Crippen molar-refractivity contribution in [1.29, 1.82) is 0 Å². The van der Waals surface area contributed by atoms with Crippen LogP contribution >= 0.6 is 24.0 Å². The van der Waals surface area contributed by atoms with E-state index < -0.39 is 0 Å². The third-order valence-corrected chi connectivity index (χ3v) is 4.59. The summed E-state index contributed by atoms with van der Waals surface area (Å²) in [6.45, 7) is 13.2. The van der Waals surface area contributed by atoms with Crippen molar-refractivity contribution in [2.45, 2.75) is 47.1 Å². The highest BCUT2D eigenvalue weighted by atomic mass is 127. The molecule has 0 aliphatic rings. The highest BCUT2D eigenvalue weighted by Gasteiger charge is 2.09. The minimum absolute atomic E-state index is 0. The maximum Gasteiger partial charge on any atom is 0.191 e. The first-order valence-corrected chi connectivity index (χ1v) is 9.67. The molecule has 1 aromatic carbocycles. The zero-order valence-corrected chi connectivity index (χ0v) is 20.2. The predicted molar refractivity (Wildman–Crippen MR) is 127 cm³/mol. The first-order chi connectivity index (χ1) is 12.9. The zero-order chi connectivity index (χ0) is 19.8. The van der Waals surface area contributed by atoms with Gasteiger partial charge in [-0.3, -0.25) is 4.68 Å². The van der Waals surface area contributed by atoms with Crippen LogP contribution < -0.4 is 15.4 Å². The molecule has 0 aliphatic carbocycles. The number of para-hydroxylation sites is 1. The molecule has 1 aromatic heterocycles. The number of rotatable bonds is 8. The molecule has 156 valence electrons. The van der Waals surface area contributed by atoms with Gasteiger partial charge in [0, 0.05) is 24.8 Å². The Balaban J connectivity index is 0.00000392. The summed E-state index contributed by atoms with van der Waals surface area (Å²) in [6, 6.07) is 8.22. The molecule has 28 heavy (non-hydrogen) atoms. The van der Waals surface area contributed by atoms with Crippen molar-refractivity contribution in [1.82, 2.24) is 20.4 Å². The van der Waals surface area contributed by atoms with E-state index in [0.29, 0.717) is 25.6 Å². The van der Waals surface area contributed by atoms with Crippen molar-refractivity contribution in [2.75, 3.05) is 19.7 Å². The second-order valence-corrected chi connectivity index (χ2v) is 6.94. The molecule has 0 amide bonds. The molecule has 0 saturated heterocycles. The van der Waals surface area contributed by atoms with Gasteiger partial charge in [0.25, 0.3) is 0 Å². The number of benzene rings is 1. The Labute approximate surface area is 186 Å². The molecule has 6 nitrogen and oxygen atoms in total. The Morgan fingerprint density at radius 2 is 1.93 bits per heavy atom. The molecular weight excluding hydrogens is 465 g/mol. The predicted octanol–water partition coefficient (Wildman–Crippen LogP) is 3.91. The summed E-state index contributed by atoms with van der Waals surface area (Å²) in [5.74, 6) is 2.19. The average Bonchev–Trinajstić information content (AvgIpc) is 2.88. The van der Waals surface area contributed by atoms with Gasteiger partial charge in [-0.05, 0) is 38.3 Å². The molecule has 2 aromatic rings. The van der Waals surface area contributed by atoms with E-state index in [1.54, 1.807) is 0 Å². The summed E-state index contributed by atoms with van der Waals surface area (Å²) >= 11 is 0. The van der Waals surface area contributed by atoms with Crippen molar-refractivity contribution < 1.29 is 4.74 Å². The summed E-state index contributed by atoms with van der Waals surface area (Å²) in [5, 5.41) is 11.1. The molecular formula is C21H34IN5O. The number of nitrogens with one attached hydrogen (secondary N) is 2. The Morgan fingerprint density at radius 3 is 2.54 bits per heavy atom. The second kappa shape index (κ2) is 11.9. The number of hydrogen-bond donors (Lipinski definition) is 2. The van der Waals surface area contributed by atoms with Gasteiger partial charge in [0.05, 0.1) is 18.8 Å². The number of aromatic nitrogens is 2. The van der Waals surface area contributed by atoms with E-state index >= 15 is 0 Å². The molecule has 0 radical (unpaired) electrons. The van der Waals surface area contributed by atoms with E-state index in [2.05, 4.69) is 55.6 Å². The standard InChI is InChI=1S/C21H33N5O.HI/c1-7-22-21(24-14-19-16(4)25-26(6)17(19)5)23-12-13-27-20-11-9-8-10-18(20)15(2)3;/h8-11,15H,7,12-14H2,1-6H3,(H2,22,23,24);1H. The van der Waals surface area contributed by atoms with Crippen molar-refractivity contribution in [3.63, 3.8) is 0 Å². The first-order valence-electron chi connectivity index (χ1n) is 9.67. The van der Waals surface area contributed by atoms with Gasteiger partial charge in [-0.1, -0.05) is 32.0 Å². The maximum atomic E-state index is 5.97. The Hall–Kier alpha value is -1.77. The van der Waals surface area contributed by atoms with Gasteiger partial charge in [0.2, 0.25) is 0 Å². The Kier molecular flexibility index (Phi) is 10.3. The molecule has 0 aliphatic heterocycles. The fourth-order valence-corrected chi connectivity index (χ4v) is 2.97. The number of aryl methyl sites for hydroxylation is 2. The number of halogens is 1. The zero-order valence-electron chi connectivity index (χ0n) is 17.9. The van der Waals surface area contributed by atoms with Crippen molar-refractivity contribution in [3.05, 3.63) is 46.8 Å². The quantitative estimate of drug-likeness (QED) is 0.250. The molecule has 0 bridgehead atoms. The summed E-state index contributed by atoms with van der Waals surface area (Å²) < 4.78 is 7.88. The molecule has 0 saturated carbocycles. The maximum absolute atomic E-state index is 5.97. The van der Waals surface area contributed by atoms with Crippen LogP contribution in [0.5, 0.6) is 5.75 Å². The van der Waals surface area contributed by atoms with Crippen molar-refractivity contribution >= 4 is 29.9 Å². The average molecular weight is 499 g/mol. The van der Waals surface area contributed by atoms with Crippen LogP contribution in [0, 0.1) is 13.8 Å². The fourth-order valence-electron chi connectivity index (χ4n) is 2.97.